The van der Waals surface area contributed by atoms with Gasteiger partial charge in [-0.05, 0) is 43.0 Å². The number of carbonyl (C=O) groups is 1. The van der Waals surface area contributed by atoms with Crippen LogP contribution in [0.15, 0.2) is 42.5 Å². The molecule has 158 valence electrons. The first-order chi connectivity index (χ1) is 13.6. The SMILES string of the molecule is CC(NCCc1ccc(Cl)s1)C(C)c1cc2ccccc2s1.O=C(O)C(F)(F)F. The molecule has 1 aromatic carbocycles. The average molecular weight is 464 g/mol. The van der Waals surface area contributed by atoms with Gasteiger partial charge in [0.2, 0.25) is 0 Å². The van der Waals surface area contributed by atoms with E-state index in [0.29, 0.717) is 12.0 Å². The molecule has 0 bridgehead atoms. The van der Waals surface area contributed by atoms with Crippen LogP contribution in [0.25, 0.3) is 10.1 Å². The van der Waals surface area contributed by atoms with Crippen molar-refractivity contribution < 1.29 is 23.1 Å². The lowest BCUT2D eigenvalue weighted by Crippen LogP contribution is -2.32. The van der Waals surface area contributed by atoms with Crippen LogP contribution in [0.1, 0.15) is 29.5 Å². The number of hydrogen-bond donors (Lipinski definition) is 2. The van der Waals surface area contributed by atoms with Gasteiger partial charge in [-0.1, -0.05) is 36.7 Å². The zero-order valence-corrected chi connectivity index (χ0v) is 18.2. The Morgan fingerprint density at radius 1 is 1.17 bits per heavy atom. The van der Waals surface area contributed by atoms with Gasteiger partial charge in [0.1, 0.15) is 0 Å². The van der Waals surface area contributed by atoms with Gasteiger partial charge in [0.25, 0.3) is 0 Å². The van der Waals surface area contributed by atoms with Gasteiger partial charge < -0.3 is 10.4 Å². The molecule has 0 fully saturated rings. The quantitative estimate of drug-likeness (QED) is 0.434. The zero-order chi connectivity index (χ0) is 21.6. The Kier molecular flexibility index (Phi) is 8.51. The van der Waals surface area contributed by atoms with Crippen LogP contribution in [0.3, 0.4) is 0 Å². The maximum absolute atomic E-state index is 10.6. The van der Waals surface area contributed by atoms with E-state index in [4.69, 9.17) is 21.5 Å². The normalized spacial score (nSPS) is 13.6. The third-order valence-electron chi connectivity index (χ3n) is 4.35. The molecule has 0 aliphatic heterocycles. The summed E-state index contributed by atoms with van der Waals surface area (Å²) >= 11 is 9.56. The molecule has 2 heterocycles. The number of carboxylic acids is 1. The average Bonchev–Trinajstić information content (AvgIpc) is 3.26. The van der Waals surface area contributed by atoms with Crippen molar-refractivity contribution in [2.24, 2.45) is 0 Å². The molecule has 9 heteroatoms. The molecule has 3 nitrogen and oxygen atoms in total. The molecule has 3 aromatic rings. The van der Waals surface area contributed by atoms with Crippen molar-refractivity contribution >= 4 is 50.3 Å². The van der Waals surface area contributed by atoms with E-state index in [1.165, 1.54) is 19.8 Å². The first-order valence-corrected chi connectivity index (χ1v) is 10.8. The molecule has 0 saturated heterocycles. The number of thiophene rings is 2. The Labute approximate surface area is 180 Å². The van der Waals surface area contributed by atoms with E-state index in [0.717, 1.165) is 17.3 Å². The molecule has 2 atom stereocenters. The number of nitrogens with one attached hydrogen (secondary N) is 1. The van der Waals surface area contributed by atoms with Crippen LogP contribution in [0.5, 0.6) is 0 Å². The topological polar surface area (TPSA) is 49.3 Å². The summed E-state index contributed by atoms with van der Waals surface area (Å²) in [4.78, 5) is 11.7. The largest absolute Gasteiger partial charge is 0.490 e. The van der Waals surface area contributed by atoms with Crippen LogP contribution in [-0.4, -0.2) is 29.8 Å². The summed E-state index contributed by atoms with van der Waals surface area (Å²) in [5, 5.41) is 12.1. The minimum Gasteiger partial charge on any atom is -0.475 e. The summed E-state index contributed by atoms with van der Waals surface area (Å²) in [6.45, 7) is 5.58. The lowest BCUT2D eigenvalue weighted by atomic mass is 10.0. The number of halogens is 4. The standard InChI is InChI=1S/C18H20ClNS2.C2HF3O2/c1-12(17-11-14-5-3-4-6-16(14)22-17)13(2)20-10-9-15-7-8-18(19)21-15;3-2(4,5)1(6)7/h3-8,11-13,20H,9-10H2,1-2H3;(H,6,7). The van der Waals surface area contributed by atoms with Crippen LogP contribution < -0.4 is 5.32 Å². The predicted molar refractivity (Wildman–Crippen MR) is 114 cm³/mol. The van der Waals surface area contributed by atoms with Crippen molar-refractivity contribution in [3.8, 4) is 0 Å². The minimum absolute atomic E-state index is 0.462. The highest BCUT2D eigenvalue weighted by Gasteiger charge is 2.38. The summed E-state index contributed by atoms with van der Waals surface area (Å²) in [6, 6.07) is 15.5. The van der Waals surface area contributed by atoms with E-state index in [1.807, 2.05) is 17.4 Å². The number of fused-ring (bicyclic) bond motifs is 1. The second kappa shape index (κ2) is 10.4. The third-order valence-corrected chi connectivity index (χ3v) is 6.96. The molecule has 29 heavy (non-hydrogen) atoms. The van der Waals surface area contributed by atoms with Crippen LogP contribution in [0.4, 0.5) is 13.2 Å². The van der Waals surface area contributed by atoms with Crippen molar-refractivity contribution in [2.45, 2.75) is 38.4 Å². The van der Waals surface area contributed by atoms with Gasteiger partial charge in [0.05, 0.1) is 4.34 Å². The van der Waals surface area contributed by atoms with E-state index in [-0.39, 0.29) is 0 Å². The van der Waals surface area contributed by atoms with E-state index in [2.05, 4.69) is 55.6 Å². The molecule has 0 aliphatic rings. The van der Waals surface area contributed by atoms with Gasteiger partial charge >= 0.3 is 12.1 Å². The zero-order valence-electron chi connectivity index (χ0n) is 15.8. The molecule has 3 rings (SSSR count). The highest BCUT2D eigenvalue weighted by atomic mass is 35.5. The Morgan fingerprint density at radius 2 is 1.83 bits per heavy atom. The minimum atomic E-state index is -5.08. The second-order valence-corrected chi connectivity index (χ2v) is 9.39. The van der Waals surface area contributed by atoms with Crippen LogP contribution in [0, 0.1) is 0 Å². The van der Waals surface area contributed by atoms with Gasteiger partial charge in [-0.15, -0.1) is 22.7 Å². The summed E-state index contributed by atoms with van der Waals surface area (Å²) in [5.74, 6) is -2.24. The number of rotatable bonds is 6. The Hall–Kier alpha value is -1.61. The van der Waals surface area contributed by atoms with Gasteiger partial charge in [-0.3, -0.25) is 0 Å². The van der Waals surface area contributed by atoms with Gasteiger partial charge in [-0.25, -0.2) is 4.79 Å². The van der Waals surface area contributed by atoms with Gasteiger partial charge in [-0.2, -0.15) is 13.2 Å². The Bertz CT molecular complexity index is 906. The second-order valence-electron chi connectivity index (χ2n) is 6.48. The number of hydrogen-bond acceptors (Lipinski definition) is 4. The maximum atomic E-state index is 10.6. The Balaban J connectivity index is 0.000000370. The van der Waals surface area contributed by atoms with Crippen molar-refractivity contribution in [1.82, 2.24) is 5.32 Å². The lowest BCUT2D eigenvalue weighted by Gasteiger charge is -2.20. The first kappa shape index (κ1) is 23.7. The number of aliphatic carboxylic acids is 1. The number of carboxylic acid groups (broad SMARTS) is 1. The monoisotopic (exact) mass is 463 g/mol. The van der Waals surface area contributed by atoms with Crippen molar-refractivity contribution in [2.75, 3.05) is 6.54 Å². The molecule has 0 aliphatic carbocycles. The van der Waals surface area contributed by atoms with E-state index in [1.54, 1.807) is 11.3 Å². The van der Waals surface area contributed by atoms with Crippen molar-refractivity contribution in [3.63, 3.8) is 0 Å². The molecule has 0 radical (unpaired) electrons. The van der Waals surface area contributed by atoms with Crippen LogP contribution in [0.2, 0.25) is 4.34 Å². The fourth-order valence-electron chi connectivity index (χ4n) is 2.56. The first-order valence-electron chi connectivity index (χ1n) is 8.84. The molecular weight excluding hydrogens is 443 g/mol. The van der Waals surface area contributed by atoms with E-state index < -0.39 is 12.1 Å². The number of alkyl halides is 3. The Morgan fingerprint density at radius 3 is 2.38 bits per heavy atom. The molecule has 2 N–H and O–H groups in total. The molecular formula is C20H21ClF3NO2S2. The highest BCUT2D eigenvalue weighted by molar-refractivity contribution is 7.19. The van der Waals surface area contributed by atoms with Gasteiger partial charge in [0, 0.05) is 33.0 Å². The van der Waals surface area contributed by atoms with Crippen molar-refractivity contribution in [3.05, 3.63) is 56.6 Å². The summed E-state index contributed by atoms with van der Waals surface area (Å²) in [5.41, 5.74) is 0. The van der Waals surface area contributed by atoms with Crippen LogP contribution >= 0.6 is 34.3 Å². The van der Waals surface area contributed by atoms with Crippen LogP contribution in [-0.2, 0) is 11.2 Å². The summed E-state index contributed by atoms with van der Waals surface area (Å²) < 4.78 is 34.0. The van der Waals surface area contributed by atoms with E-state index >= 15 is 0 Å². The molecule has 0 amide bonds. The fraction of sp³-hybridized carbons (Fsp3) is 0.350. The highest BCUT2D eigenvalue weighted by Crippen LogP contribution is 2.32. The summed E-state index contributed by atoms with van der Waals surface area (Å²) in [6.07, 6.45) is -4.04. The molecule has 2 aromatic heterocycles. The molecule has 0 saturated carbocycles. The molecule has 0 spiro atoms. The smallest absolute Gasteiger partial charge is 0.475 e. The lowest BCUT2D eigenvalue weighted by molar-refractivity contribution is -0.192. The third kappa shape index (κ3) is 7.29. The maximum Gasteiger partial charge on any atom is 0.490 e. The summed E-state index contributed by atoms with van der Waals surface area (Å²) in [7, 11) is 0. The van der Waals surface area contributed by atoms with Gasteiger partial charge in [0.15, 0.2) is 0 Å². The van der Waals surface area contributed by atoms with Crippen molar-refractivity contribution in [1.29, 1.82) is 0 Å². The fourth-order valence-corrected chi connectivity index (χ4v) is 4.87. The molecule has 2 unspecified atom stereocenters. The van der Waals surface area contributed by atoms with E-state index in [9.17, 15) is 13.2 Å². The number of benzene rings is 1. The predicted octanol–water partition coefficient (Wildman–Crippen LogP) is 6.57.